The lowest BCUT2D eigenvalue weighted by Gasteiger charge is -2.58. The molecule has 0 unspecified atom stereocenters. The maximum absolute atomic E-state index is 12.5. The van der Waals surface area contributed by atoms with Crippen LogP contribution >= 0.6 is 0 Å². The summed E-state index contributed by atoms with van der Waals surface area (Å²) < 4.78 is 5.24. The molecule has 7 nitrogen and oxygen atoms in total. The van der Waals surface area contributed by atoms with Crippen LogP contribution in [0.15, 0.2) is 35.0 Å². The standard InChI is InChI=1S/C18H19N3O4/c22-15(18(16(23)24)10-17(11-18)5-3-6-17)20-9-12-8-14(25-21-12)13-4-1-2-7-19-13/h1-2,4,7-8H,3,5-6,9-11H2,(H,20,22)(H,23,24). The molecule has 0 saturated heterocycles. The molecule has 2 aromatic rings. The first-order valence-corrected chi connectivity index (χ1v) is 8.42. The van der Waals surface area contributed by atoms with Crippen LogP contribution in [0.1, 0.15) is 37.8 Å². The number of nitrogens with one attached hydrogen (secondary N) is 1. The zero-order chi connectivity index (χ0) is 17.5. The van der Waals surface area contributed by atoms with Crippen molar-refractivity contribution in [2.45, 2.75) is 38.6 Å². The number of pyridine rings is 1. The smallest absolute Gasteiger partial charge is 0.319 e. The molecular formula is C18H19N3O4. The summed E-state index contributed by atoms with van der Waals surface area (Å²) in [6.07, 6.45) is 5.74. The van der Waals surface area contributed by atoms with E-state index >= 15 is 0 Å². The molecule has 0 aromatic carbocycles. The van der Waals surface area contributed by atoms with Crippen molar-refractivity contribution in [2.24, 2.45) is 10.8 Å². The number of carbonyl (C=O) groups excluding carboxylic acids is 1. The highest BCUT2D eigenvalue weighted by atomic mass is 16.5. The Morgan fingerprint density at radius 3 is 2.68 bits per heavy atom. The molecule has 0 radical (unpaired) electrons. The molecule has 25 heavy (non-hydrogen) atoms. The van der Waals surface area contributed by atoms with Gasteiger partial charge in [-0.1, -0.05) is 17.6 Å². The minimum atomic E-state index is -1.28. The van der Waals surface area contributed by atoms with Crippen LogP contribution in [0.4, 0.5) is 0 Å². The number of aliphatic carboxylic acids is 1. The summed E-state index contributed by atoms with van der Waals surface area (Å²) in [5, 5.41) is 16.2. The number of nitrogens with zero attached hydrogens (tertiary/aromatic N) is 2. The zero-order valence-electron chi connectivity index (χ0n) is 13.7. The van der Waals surface area contributed by atoms with Gasteiger partial charge in [-0.3, -0.25) is 14.6 Å². The fourth-order valence-electron chi connectivity index (χ4n) is 4.03. The minimum absolute atomic E-state index is 0.0930. The molecule has 2 heterocycles. The summed E-state index contributed by atoms with van der Waals surface area (Å²) >= 11 is 0. The van der Waals surface area contributed by atoms with Gasteiger partial charge in [0.25, 0.3) is 0 Å². The number of amides is 1. The van der Waals surface area contributed by atoms with Crippen LogP contribution in [0.5, 0.6) is 0 Å². The Bertz CT molecular complexity index is 803. The Labute approximate surface area is 144 Å². The first kappa shape index (κ1) is 15.8. The fraction of sp³-hybridized carbons (Fsp3) is 0.444. The Balaban J connectivity index is 1.40. The number of carbonyl (C=O) groups is 2. The van der Waals surface area contributed by atoms with Gasteiger partial charge in [-0.25, -0.2) is 0 Å². The predicted molar refractivity (Wildman–Crippen MR) is 87.2 cm³/mol. The van der Waals surface area contributed by atoms with Crippen molar-refractivity contribution in [1.82, 2.24) is 15.5 Å². The van der Waals surface area contributed by atoms with E-state index in [1.54, 1.807) is 24.4 Å². The predicted octanol–water partition coefficient (Wildman–Crippen LogP) is 2.39. The van der Waals surface area contributed by atoms with Crippen molar-refractivity contribution in [2.75, 3.05) is 0 Å². The van der Waals surface area contributed by atoms with Crippen LogP contribution in [0, 0.1) is 10.8 Å². The van der Waals surface area contributed by atoms with Crippen molar-refractivity contribution in [3.05, 3.63) is 36.2 Å². The highest BCUT2D eigenvalue weighted by molar-refractivity contribution is 6.03. The third-order valence-corrected chi connectivity index (χ3v) is 5.52. The molecule has 2 fully saturated rings. The Kier molecular flexibility index (Phi) is 3.59. The molecule has 2 aliphatic rings. The van der Waals surface area contributed by atoms with Crippen LogP contribution in [0.2, 0.25) is 0 Å². The third kappa shape index (κ3) is 2.59. The monoisotopic (exact) mass is 341 g/mol. The fourth-order valence-corrected chi connectivity index (χ4v) is 4.03. The molecular weight excluding hydrogens is 322 g/mol. The Hall–Kier alpha value is -2.70. The van der Waals surface area contributed by atoms with Gasteiger partial charge in [0.1, 0.15) is 16.8 Å². The molecule has 2 saturated carbocycles. The minimum Gasteiger partial charge on any atom is -0.480 e. The number of aromatic nitrogens is 2. The first-order valence-electron chi connectivity index (χ1n) is 8.42. The highest BCUT2D eigenvalue weighted by Gasteiger charge is 2.64. The molecule has 2 aromatic heterocycles. The average Bonchev–Trinajstić information content (AvgIpc) is 3.00. The second kappa shape index (κ2) is 5.68. The van der Waals surface area contributed by atoms with Gasteiger partial charge in [0, 0.05) is 12.3 Å². The molecule has 0 aliphatic heterocycles. The molecule has 0 bridgehead atoms. The van der Waals surface area contributed by atoms with E-state index in [2.05, 4.69) is 15.5 Å². The van der Waals surface area contributed by atoms with Gasteiger partial charge >= 0.3 is 5.97 Å². The third-order valence-electron chi connectivity index (χ3n) is 5.52. The van der Waals surface area contributed by atoms with E-state index in [9.17, 15) is 14.7 Å². The van der Waals surface area contributed by atoms with Crippen molar-refractivity contribution in [3.63, 3.8) is 0 Å². The summed E-state index contributed by atoms with van der Waals surface area (Å²) in [6.45, 7) is 0.136. The molecule has 7 heteroatoms. The van der Waals surface area contributed by atoms with Crippen molar-refractivity contribution < 1.29 is 19.2 Å². The van der Waals surface area contributed by atoms with Crippen molar-refractivity contribution in [3.8, 4) is 11.5 Å². The molecule has 2 aliphatic carbocycles. The molecule has 1 spiro atoms. The van der Waals surface area contributed by atoms with Gasteiger partial charge in [-0.2, -0.15) is 0 Å². The molecule has 2 N–H and O–H groups in total. The van der Waals surface area contributed by atoms with E-state index in [4.69, 9.17) is 4.52 Å². The maximum atomic E-state index is 12.5. The van der Waals surface area contributed by atoms with Gasteiger partial charge in [0.15, 0.2) is 5.76 Å². The number of carboxylic acid groups (broad SMARTS) is 1. The maximum Gasteiger partial charge on any atom is 0.319 e. The second-order valence-corrected chi connectivity index (χ2v) is 7.17. The van der Waals surface area contributed by atoms with E-state index in [0.29, 0.717) is 30.0 Å². The summed E-state index contributed by atoms with van der Waals surface area (Å²) in [5.74, 6) is -0.952. The van der Waals surface area contributed by atoms with Crippen LogP contribution in [-0.4, -0.2) is 27.1 Å². The number of rotatable bonds is 5. The number of hydrogen-bond acceptors (Lipinski definition) is 5. The quantitative estimate of drug-likeness (QED) is 0.809. The molecule has 4 rings (SSSR count). The lowest BCUT2D eigenvalue weighted by molar-refractivity contribution is -0.181. The molecule has 130 valence electrons. The van der Waals surface area contributed by atoms with Crippen LogP contribution in [-0.2, 0) is 16.1 Å². The largest absolute Gasteiger partial charge is 0.480 e. The summed E-state index contributed by atoms with van der Waals surface area (Å²) in [5.41, 5.74) is -0.00303. The number of carboxylic acids is 1. The van der Waals surface area contributed by atoms with Gasteiger partial charge in [0.2, 0.25) is 5.91 Å². The zero-order valence-corrected chi connectivity index (χ0v) is 13.7. The molecule has 0 atom stereocenters. The van der Waals surface area contributed by atoms with E-state index in [-0.39, 0.29) is 12.0 Å². The second-order valence-electron chi connectivity index (χ2n) is 7.17. The highest BCUT2D eigenvalue weighted by Crippen LogP contribution is 2.64. The first-order chi connectivity index (χ1) is 12.0. The van der Waals surface area contributed by atoms with E-state index in [1.165, 1.54) is 0 Å². The topological polar surface area (TPSA) is 105 Å². The Morgan fingerprint density at radius 1 is 1.28 bits per heavy atom. The summed E-state index contributed by atoms with van der Waals surface area (Å²) in [7, 11) is 0. The molecule has 1 amide bonds. The summed E-state index contributed by atoms with van der Waals surface area (Å²) in [6, 6.07) is 7.15. The van der Waals surface area contributed by atoms with Gasteiger partial charge in [0.05, 0.1) is 6.54 Å². The van der Waals surface area contributed by atoms with E-state index in [0.717, 1.165) is 19.3 Å². The Morgan fingerprint density at radius 2 is 2.08 bits per heavy atom. The van der Waals surface area contributed by atoms with Crippen LogP contribution < -0.4 is 5.32 Å². The normalized spacial score (nSPS) is 19.7. The lowest BCUT2D eigenvalue weighted by atomic mass is 9.45. The van der Waals surface area contributed by atoms with Gasteiger partial charge in [-0.15, -0.1) is 0 Å². The summed E-state index contributed by atoms with van der Waals surface area (Å²) in [4.78, 5) is 28.3. The number of hydrogen-bond donors (Lipinski definition) is 2. The van der Waals surface area contributed by atoms with Crippen LogP contribution in [0.25, 0.3) is 11.5 Å². The van der Waals surface area contributed by atoms with Gasteiger partial charge in [-0.05, 0) is 43.2 Å². The van der Waals surface area contributed by atoms with Crippen molar-refractivity contribution >= 4 is 11.9 Å². The van der Waals surface area contributed by atoms with Crippen molar-refractivity contribution in [1.29, 1.82) is 0 Å². The van der Waals surface area contributed by atoms with Gasteiger partial charge < -0.3 is 14.9 Å². The van der Waals surface area contributed by atoms with E-state index in [1.807, 2.05) is 6.07 Å². The van der Waals surface area contributed by atoms with Crippen LogP contribution in [0.3, 0.4) is 0 Å². The van der Waals surface area contributed by atoms with E-state index < -0.39 is 17.3 Å². The SMILES string of the molecule is O=C(O)C1(C(=O)NCc2cc(-c3ccccn3)on2)CC2(CCC2)C1. The average molecular weight is 341 g/mol. The lowest BCUT2D eigenvalue weighted by Crippen LogP contribution is -2.61.